The second kappa shape index (κ2) is 5.98. The number of thiophene rings is 1. The van der Waals surface area contributed by atoms with Gasteiger partial charge in [0.15, 0.2) is 10.7 Å². The Balaban J connectivity index is 2.26. The molecule has 10 heteroatoms. The molecule has 0 amide bonds. The fraction of sp³-hybridized carbons (Fsp3) is 0.300. The van der Waals surface area contributed by atoms with E-state index in [1.165, 1.54) is 14.1 Å². The normalized spacial score (nSPS) is 12.0. The molecule has 3 N–H and O–H groups in total. The third-order valence-corrected chi connectivity index (χ3v) is 6.99. The van der Waals surface area contributed by atoms with Crippen LogP contribution in [0.4, 0.5) is 10.8 Å². The molecule has 0 aromatic carbocycles. The molecule has 0 aliphatic carbocycles. The molecule has 0 unspecified atom stereocenters. The SMILES string of the molecule is CN(C)S(=O)(=O)c1c(N)nsc1NCc1cc(Br)cs1. The topological polar surface area (TPSA) is 88.3 Å². The zero-order valence-electron chi connectivity index (χ0n) is 10.8. The summed E-state index contributed by atoms with van der Waals surface area (Å²) in [5, 5.41) is 5.51. The first-order chi connectivity index (χ1) is 9.32. The van der Waals surface area contributed by atoms with Crippen molar-refractivity contribution in [3.63, 3.8) is 0 Å². The minimum absolute atomic E-state index is 0.0264. The summed E-state index contributed by atoms with van der Waals surface area (Å²) >= 11 is 6.00. The summed E-state index contributed by atoms with van der Waals surface area (Å²) in [6, 6.07) is 1.97. The Bertz CT molecular complexity index is 708. The zero-order chi connectivity index (χ0) is 14.9. The molecule has 0 spiro atoms. The number of nitrogens with one attached hydrogen (secondary N) is 1. The van der Waals surface area contributed by atoms with Gasteiger partial charge in [0.25, 0.3) is 0 Å². The van der Waals surface area contributed by atoms with Crippen LogP contribution in [0.3, 0.4) is 0 Å². The molecule has 0 saturated heterocycles. The van der Waals surface area contributed by atoms with Crippen molar-refractivity contribution in [3.8, 4) is 0 Å². The van der Waals surface area contributed by atoms with E-state index in [0.717, 1.165) is 25.2 Å². The molecule has 0 fully saturated rings. The number of nitrogen functional groups attached to an aromatic ring is 1. The number of hydrogen-bond donors (Lipinski definition) is 2. The van der Waals surface area contributed by atoms with Gasteiger partial charge in [-0.05, 0) is 33.5 Å². The summed E-state index contributed by atoms with van der Waals surface area (Å²) in [5.74, 6) is 0.0264. The van der Waals surface area contributed by atoms with Gasteiger partial charge in [0.05, 0.1) is 6.54 Å². The van der Waals surface area contributed by atoms with E-state index in [1.54, 1.807) is 11.3 Å². The number of anilines is 2. The van der Waals surface area contributed by atoms with Gasteiger partial charge in [-0.1, -0.05) is 0 Å². The minimum atomic E-state index is -3.61. The summed E-state index contributed by atoms with van der Waals surface area (Å²) in [4.78, 5) is 1.13. The van der Waals surface area contributed by atoms with Crippen LogP contribution in [0, 0.1) is 0 Å². The summed E-state index contributed by atoms with van der Waals surface area (Å²) in [7, 11) is -0.676. The fourth-order valence-corrected chi connectivity index (χ4v) is 4.92. The summed E-state index contributed by atoms with van der Waals surface area (Å²) < 4.78 is 30.5. The van der Waals surface area contributed by atoms with E-state index in [1.807, 2.05) is 11.4 Å². The van der Waals surface area contributed by atoms with Gasteiger partial charge in [0, 0.05) is 28.8 Å². The monoisotopic (exact) mass is 396 g/mol. The molecule has 20 heavy (non-hydrogen) atoms. The van der Waals surface area contributed by atoms with Crippen molar-refractivity contribution in [2.75, 3.05) is 25.1 Å². The average Bonchev–Trinajstić information content (AvgIpc) is 2.93. The summed E-state index contributed by atoms with van der Waals surface area (Å²) in [5.41, 5.74) is 5.69. The van der Waals surface area contributed by atoms with Gasteiger partial charge in [-0.3, -0.25) is 0 Å². The maximum atomic E-state index is 12.2. The van der Waals surface area contributed by atoms with Crippen molar-refractivity contribution < 1.29 is 8.42 Å². The highest BCUT2D eigenvalue weighted by molar-refractivity contribution is 9.10. The van der Waals surface area contributed by atoms with Crippen LogP contribution in [-0.4, -0.2) is 31.2 Å². The quantitative estimate of drug-likeness (QED) is 0.809. The van der Waals surface area contributed by atoms with Gasteiger partial charge in [-0.15, -0.1) is 11.3 Å². The number of halogens is 1. The van der Waals surface area contributed by atoms with Gasteiger partial charge in [-0.2, -0.15) is 4.37 Å². The Morgan fingerprint density at radius 2 is 2.20 bits per heavy atom. The van der Waals surface area contributed by atoms with E-state index in [2.05, 4.69) is 25.6 Å². The molecule has 6 nitrogen and oxygen atoms in total. The predicted octanol–water partition coefficient (Wildman–Crippen LogP) is 2.41. The minimum Gasteiger partial charge on any atom is -0.382 e. The van der Waals surface area contributed by atoms with Crippen LogP contribution < -0.4 is 11.1 Å². The van der Waals surface area contributed by atoms with Crippen molar-refractivity contribution in [1.82, 2.24) is 8.68 Å². The number of rotatable bonds is 5. The van der Waals surface area contributed by atoms with Crippen LogP contribution in [0.1, 0.15) is 4.88 Å². The van der Waals surface area contributed by atoms with E-state index in [0.29, 0.717) is 11.5 Å². The molecule has 110 valence electrons. The van der Waals surface area contributed by atoms with E-state index in [9.17, 15) is 8.42 Å². The number of sulfonamides is 1. The third-order valence-electron chi connectivity index (χ3n) is 2.46. The highest BCUT2D eigenvalue weighted by atomic mass is 79.9. The summed E-state index contributed by atoms with van der Waals surface area (Å²) in [6.45, 7) is 0.522. The molecular formula is C10H13BrN4O2S3. The molecule has 0 aliphatic heterocycles. The Hall–Kier alpha value is -0.680. The van der Waals surface area contributed by atoms with E-state index in [-0.39, 0.29) is 10.7 Å². The lowest BCUT2D eigenvalue weighted by Crippen LogP contribution is -2.23. The van der Waals surface area contributed by atoms with Gasteiger partial charge >= 0.3 is 0 Å². The molecule has 2 rings (SSSR count). The van der Waals surface area contributed by atoms with Gasteiger partial charge in [0.2, 0.25) is 10.0 Å². The smallest absolute Gasteiger partial charge is 0.249 e. The first kappa shape index (κ1) is 15.7. The molecule has 2 heterocycles. The summed E-state index contributed by atoms with van der Waals surface area (Å²) in [6.07, 6.45) is 0. The molecule has 0 atom stereocenters. The number of hydrogen-bond acceptors (Lipinski definition) is 7. The van der Waals surface area contributed by atoms with Gasteiger partial charge < -0.3 is 11.1 Å². The number of aromatic nitrogens is 1. The Labute approximate surface area is 134 Å². The molecule has 0 bridgehead atoms. The molecule has 0 aliphatic rings. The molecule has 2 aromatic rings. The first-order valence-electron chi connectivity index (χ1n) is 5.47. The number of nitrogens with two attached hydrogens (primary N) is 1. The highest BCUT2D eigenvalue weighted by Gasteiger charge is 2.27. The van der Waals surface area contributed by atoms with Crippen LogP contribution in [0.15, 0.2) is 20.8 Å². The maximum Gasteiger partial charge on any atom is 0.249 e. The second-order valence-corrected chi connectivity index (χ2v) is 8.87. The van der Waals surface area contributed by atoms with Crippen molar-refractivity contribution in [1.29, 1.82) is 0 Å². The van der Waals surface area contributed by atoms with Crippen molar-refractivity contribution in [2.24, 2.45) is 0 Å². The lowest BCUT2D eigenvalue weighted by atomic mass is 10.4. The van der Waals surface area contributed by atoms with Crippen LogP contribution in [0.5, 0.6) is 0 Å². The fourth-order valence-electron chi connectivity index (χ4n) is 1.45. The molecule has 2 aromatic heterocycles. The van der Waals surface area contributed by atoms with Crippen LogP contribution in [0.2, 0.25) is 0 Å². The Morgan fingerprint density at radius 1 is 1.50 bits per heavy atom. The molecule has 0 radical (unpaired) electrons. The van der Waals surface area contributed by atoms with E-state index >= 15 is 0 Å². The largest absolute Gasteiger partial charge is 0.382 e. The van der Waals surface area contributed by atoms with Crippen molar-refractivity contribution >= 4 is 59.6 Å². The lowest BCUT2D eigenvalue weighted by molar-refractivity contribution is 0.521. The van der Waals surface area contributed by atoms with Gasteiger partial charge in [-0.25, -0.2) is 12.7 Å². The second-order valence-electron chi connectivity index (χ2n) is 4.10. The van der Waals surface area contributed by atoms with Crippen LogP contribution in [0.25, 0.3) is 0 Å². The van der Waals surface area contributed by atoms with Crippen molar-refractivity contribution in [2.45, 2.75) is 11.4 Å². The maximum absolute atomic E-state index is 12.2. The lowest BCUT2D eigenvalue weighted by Gasteiger charge is -2.12. The number of nitrogens with zero attached hydrogens (tertiary/aromatic N) is 2. The zero-order valence-corrected chi connectivity index (χ0v) is 14.8. The van der Waals surface area contributed by atoms with Crippen molar-refractivity contribution in [3.05, 3.63) is 20.8 Å². The van der Waals surface area contributed by atoms with E-state index in [4.69, 9.17) is 5.73 Å². The molecule has 0 saturated carbocycles. The van der Waals surface area contributed by atoms with Crippen LogP contribution in [-0.2, 0) is 16.6 Å². The Kier molecular flexibility index (Phi) is 4.69. The Morgan fingerprint density at radius 3 is 2.75 bits per heavy atom. The first-order valence-corrected chi connectivity index (χ1v) is 9.35. The van der Waals surface area contributed by atoms with E-state index < -0.39 is 10.0 Å². The van der Waals surface area contributed by atoms with Crippen LogP contribution >= 0.6 is 38.8 Å². The standard InChI is InChI=1S/C10H13BrN4O2S3/c1-15(2)20(16,17)8-9(12)14-19-10(8)13-4-7-3-6(11)5-18-7/h3,5,13H,4H2,1-2H3,(H2,12,14). The molecular weight excluding hydrogens is 384 g/mol. The van der Waals surface area contributed by atoms with Gasteiger partial charge in [0.1, 0.15) is 5.00 Å². The average molecular weight is 397 g/mol. The highest BCUT2D eigenvalue weighted by Crippen LogP contribution is 2.33. The predicted molar refractivity (Wildman–Crippen MR) is 86.7 cm³/mol. The third kappa shape index (κ3) is 3.14.